The summed E-state index contributed by atoms with van der Waals surface area (Å²) in [7, 11) is 0. The lowest BCUT2D eigenvalue weighted by Crippen LogP contribution is -2.12. The van der Waals surface area contributed by atoms with Gasteiger partial charge in [0.05, 0.1) is 17.1 Å². The molecule has 0 amide bonds. The molecule has 21 heavy (non-hydrogen) atoms. The highest BCUT2D eigenvalue weighted by Gasteiger charge is 2.14. The van der Waals surface area contributed by atoms with Gasteiger partial charge in [-0.25, -0.2) is 0 Å². The molecule has 0 spiro atoms. The van der Waals surface area contributed by atoms with Gasteiger partial charge in [0.2, 0.25) is 0 Å². The average molecular weight is 369 g/mol. The van der Waals surface area contributed by atoms with Crippen LogP contribution in [0.4, 0.5) is 0 Å². The van der Waals surface area contributed by atoms with E-state index in [1.165, 1.54) is 0 Å². The SMILES string of the molecule is CCCOc1ccc(C(N)c2ccc(C)cc2Cl)cc1Br. The highest BCUT2D eigenvalue weighted by Crippen LogP contribution is 2.32. The standard InChI is InChI=1S/C17H19BrClNO/c1-3-8-21-16-7-5-12(10-14(16)18)17(20)13-6-4-11(2)9-15(13)19/h4-7,9-10,17H,3,8,20H2,1-2H3. The topological polar surface area (TPSA) is 35.2 Å². The van der Waals surface area contributed by atoms with E-state index in [4.69, 9.17) is 22.1 Å². The third-order valence-electron chi connectivity index (χ3n) is 3.27. The minimum atomic E-state index is -0.255. The summed E-state index contributed by atoms with van der Waals surface area (Å²) in [5.41, 5.74) is 9.39. The van der Waals surface area contributed by atoms with Gasteiger partial charge in [-0.1, -0.05) is 36.7 Å². The Morgan fingerprint density at radius 3 is 2.62 bits per heavy atom. The summed E-state index contributed by atoms with van der Waals surface area (Å²) >= 11 is 9.83. The van der Waals surface area contributed by atoms with Crippen molar-refractivity contribution in [2.24, 2.45) is 5.73 Å². The number of benzene rings is 2. The highest BCUT2D eigenvalue weighted by molar-refractivity contribution is 9.10. The number of rotatable bonds is 5. The van der Waals surface area contributed by atoms with E-state index in [0.717, 1.165) is 33.3 Å². The van der Waals surface area contributed by atoms with E-state index in [1.807, 2.05) is 43.3 Å². The lowest BCUT2D eigenvalue weighted by Gasteiger charge is -2.16. The normalized spacial score (nSPS) is 12.2. The van der Waals surface area contributed by atoms with E-state index in [0.29, 0.717) is 11.6 Å². The van der Waals surface area contributed by atoms with Crippen LogP contribution in [0.1, 0.15) is 36.1 Å². The van der Waals surface area contributed by atoms with Gasteiger partial charge in [-0.3, -0.25) is 0 Å². The van der Waals surface area contributed by atoms with E-state index >= 15 is 0 Å². The van der Waals surface area contributed by atoms with Crippen LogP contribution in [0.15, 0.2) is 40.9 Å². The van der Waals surface area contributed by atoms with Crippen LogP contribution in [0.3, 0.4) is 0 Å². The van der Waals surface area contributed by atoms with Crippen molar-refractivity contribution < 1.29 is 4.74 Å². The van der Waals surface area contributed by atoms with Gasteiger partial charge >= 0.3 is 0 Å². The second-order valence-corrected chi connectivity index (χ2v) is 6.30. The molecule has 2 nitrogen and oxygen atoms in total. The van der Waals surface area contributed by atoms with Crippen molar-refractivity contribution in [2.45, 2.75) is 26.3 Å². The quantitative estimate of drug-likeness (QED) is 0.782. The van der Waals surface area contributed by atoms with Gasteiger partial charge < -0.3 is 10.5 Å². The van der Waals surface area contributed by atoms with Gasteiger partial charge in [0.25, 0.3) is 0 Å². The Balaban J connectivity index is 2.27. The first-order valence-corrected chi connectivity index (χ1v) is 8.14. The predicted octanol–water partition coefficient (Wildman–Crippen LogP) is 5.25. The molecule has 4 heteroatoms. The maximum atomic E-state index is 6.34. The molecule has 0 aliphatic carbocycles. The fourth-order valence-corrected chi connectivity index (χ4v) is 2.97. The zero-order valence-electron chi connectivity index (χ0n) is 12.2. The van der Waals surface area contributed by atoms with Gasteiger partial charge in [-0.15, -0.1) is 0 Å². The van der Waals surface area contributed by atoms with Gasteiger partial charge in [0, 0.05) is 5.02 Å². The van der Waals surface area contributed by atoms with Crippen LogP contribution in [-0.2, 0) is 0 Å². The van der Waals surface area contributed by atoms with Crippen molar-refractivity contribution in [1.29, 1.82) is 0 Å². The summed E-state index contributed by atoms with van der Waals surface area (Å²) in [6.07, 6.45) is 0.979. The number of ether oxygens (including phenoxy) is 1. The van der Waals surface area contributed by atoms with Crippen LogP contribution in [0, 0.1) is 6.92 Å². The molecular formula is C17H19BrClNO. The van der Waals surface area contributed by atoms with Crippen molar-refractivity contribution in [2.75, 3.05) is 6.61 Å². The number of aryl methyl sites for hydroxylation is 1. The number of halogens is 2. The second-order valence-electron chi connectivity index (χ2n) is 5.04. The van der Waals surface area contributed by atoms with Crippen molar-refractivity contribution >= 4 is 27.5 Å². The molecule has 1 unspecified atom stereocenters. The Kier molecular flexibility index (Phi) is 5.68. The van der Waals surface area contributed by atoms with Crippen LogP contribution < -0.4 is 10.5 Å². The lowest BCUT2D eigenvalue weighted by atomic mass is 9.98. The molecule has 0 aromatic heterocycles. The highest BCUT2D eigenvalue weighted by atomic mass is 79.9. The smallest absolute Gasteiger partial charge is 0.133 e. The van der Waals surface area contributed by atoms with E-state index in [1.54, 1.807) is 0 Å². The molecule has 0 saturated carbocycles. The molecule has 112 valence electrons. The largest absolute Gasteiger partial charge is 0.492 e. The first kappa shape index (κ1) is 16.3. The summed E-state index contributed by atoms with van der Waals surface area (Å²) in [5.74, 6) is 0.836. The minimum Gasteiger partial charge on any atom is -0.492 e. The number of nitrogens with two attached hydrogens (primary N) is 1. The number of hydrogen-bond acceptors (Lipinski definition) is 2. The molecule has 0 bridgehead atoms. The Morgan fingerprint density at radius 2 is 2.00 bits per heavy atom. The summed E-state index contributed by atoms with van der Waals surface area (Å²) in [4.78, 5) is 0. The van der Waals surface area contributed by atoms with E-state index in [9.17, 15) is 0 Å². The van der Waals surface area contributed by atoms with E-state index in [2.05, 4.69) is 22.9 Å². The maximum Gasteiger partial charge on any atom is 0.133 e. The van der Waals surface area contributed by atoms with Crippen molar-refractivity contribution in [1.82, 2.24) is 0 Å². The molecule has 0 fully saturated rings. The average Bonchev–Trinajstić information content (AvgIpc) is 2.45. The molecule has 0 aliphatic heterocycles. The first-order chi connectivity index (χ1) is 10.0. The monoisotopic (exact) mass is 367 g/mol. The van der Waals surface area contributed by atoms with Crippen molar-refractivity contribution in [3.8, 4) is 5.75 Å². The Bertz CT molecular complexity index is 630. The fourth-order valence-electron chi connectivity index (χ4n) is 2.10. The molecule has 2 aromatic rings. The lowest BCUT2D eigenvalue weighted by molar-refractivity contribution is 0.315. The fraction of sp³-hybridized carbons (Fsp3) is 0.294. The van der Waals surface area contributed by atoms with Crippen LogP contribution >= 0.6 is 27.5 Å². The molecule has 0 heterocycles. The first-order valence-electron chi connectivity index (χ1n) is 6.96. The predicted molar refractivity (Wildman–Crippen MR) is 92.1 cm³/mol. The molecule has 2 rings (SSSR count). The zero-order valence-corrected chi connectivity index (χ0v) is 14.5. The van der Waals surface area contributed by atoms with E-state index < -0.39 is 0 Å². The van der Waals surface area contributed by atoms with Crippen LogP contribution in [0.2, 0.25) is 5.02 Å². The second kappa shape index (κ2) is 7.30. The molecule has 0 radical (unpaired) electrons. The van der Waals surface area contributed by atoms with E-state index in [-0.39, 0.29) is 6.04 Å². The van der Waals surface area contributed by atoms with Gasteiger partial charge in [-0.05, 0) is 64.2 Å². The summed E-state index contributed by atoms with van der Waals surface area (Å²) in [6, 6.07) is 11.6. The maximum absolute atomic E-state index is 6.34. The van der Waals surface area contributed by atoms with Crippen molar-refractivity contribution in [3.63, 3.8) is 0 Å². The Labute approximate surface area is 139 Å². The molecule has 2 N–H and O–H groups in total. The minimum absolute atomic E-state index is 0.255. The van der Waals surface area contributed by atoms with Gasteiger partial charge in [-0.2, -0.15) is 0 Å². The number of hydrogen-bond donors (Lipinski definition) is 1. The third-order valence-corrected chi connectivity index (χ3v) is 4.21. The molecule has 0 aliphatic rings. The molecule has 0 saturated heterocycles. The molecule has 1 atom stereocenters. The summed E-state index contributed by atoms with van der Waals surface area (Å²) in [6.45, 7) is 4.79. The third kappa shape index (κ3) is 4.00. The Hall–Kier alpha value is -1.03. The van der Waals surface area contributed by atoms with Crippen LogP contribution in [0.5, 0.6) is 5.75 Å². The van der Waals surface area contributed by atoms with Gasteiger partial charge in [0.1, 0.15) is 5.75 Å². The molecule has 2 aromatic carbocycles. The Morgan fingerprint density at radius 1 is 1.24 bits per heavy atom. The molecular weight excluding hydrogens is 350 g/mol. The van der Waals surface area contributed by atoms with Gasteiger partial charge in [0.15, 0.2) is 0 Å². The van der Waals surface area contributed by atoms with Crippen LogP contribution in [0.25, 0.3) is 0 Å². The van der Waals surface area contributed by atoms with Crippen LogP contribution in [-0.4, -0.2) is 6.61 Å². The van der Waals surface area contributed by atoms with Crippen molar-refractivity contribution in [3.05, 3.63) is 62.6 Å². The summed E-state index contributed by atoms with van der Waals surface area (Å²) in [5, 5.41) is 0.699. The zero-order chi connectivity index (χ0) is 15.4. The summed E-state index contributed by atoms with van der Waals surface area (Å²) < 4.78 is 6.56.